The Morgan fingerprint density at radius 1 is 1.56 bits per heavy atom. The minimum atomic E-state index is -0.252. The Labute approximate surface area is 103 Å². The first-order chi connectivity index (χ1) is 7.54. The lowest BCUT2D eigenvalue weighted by molar-refractivity contribution is 0.0887. The molecular formula is C11H16BrNO3. The van der Waals surface area contributed by atoms with Gasteiger partial charge < -0.3 is 14.8 Å². The molecule has 1 amide bonds. The molecule has 1 rings (SSSR count). The minimum Gasteiger partial charge on any atom is -0.444 e. The van der Waals surface area contributed by atoms with Gasteiger partial charge in [-0.05, 0) is 40.4 Å². The summed E-state index contributed by atoms with van der Waals surface area (Å²) in [6.45, 7) is 4.06. The number of rotatable bonds is 5. The van der Waals surface area contributed by atoms with Crippen LogP contribution in [0.1, 0.15) is 30.8 Å². The maximum absolute atomic E-state index is 11.7. The number of halogens is 1. The predicted molar refractivity (Wildman–Crippen MR) is 64.2 cm³/mol. The highest BCUT2D eigenvalue weighted by Gasteiger charge is 2.18. The Morgan fingerprint density at radius 2 is 2.25 bits per heavy atom. The highest BCUT2D eigenvalue weighted by atomic mass is 79.9. The summed E-state index contributed by atoms with van der Waals surface area (Å²) in [5.41, 5.74) is 0. The summed E-state index contributed by atoms with van der Waals surface area (Å²) in [4.78, 5) is 11.7. The van der Waals surface area contributed by atoms with Crippen molar-refractivity contribution in [3.63, 3.8) is 0 Å². The highest BCUT2D eigenvalue weighted by molar-refractivity contribution is 9.10. The van der Waals surface area contributed by atoms with Gasteiger partial charge in [-0.2, -0.15) is 0 Å². The van der Waals surface area contributed by atoms with Crippen LogP contribution in [0, 0.1) is 5.92 Å². The second-order valence-corrected chi connectivity index (χ2v) is 4.72. The third-order valence-corrected chi connectivity index (χ3v) is 2.78. The van der Waals surface area contributed by atoms with Crippen molar-refractivity contribution in [2.75, 3.05) is 6.61 Å². The van der Waals surface area contributed by atoms with Crippen LogP contribution in [0.25, 0.3) is 0 Å². The van der Waals surface area contributed by atoms with Gasteiger partial charge >= 0.3 is 0 Å². The zero-order valence-corrected chi connectivity index (χ0v) is 11.0. The Hall–Kier alpha value is -0.810. The van der Waals surface area contributed by atoms with Gasteiger partial charge in [0.2, 0.25) is 0 Å². The van der Waals surface area contributed by atoms with E-state index in [9.17, 15) is 4.79 Å². The van der Waals surface area contributed by atoms with Crippen molar-refractivity contribution >= 4 is 21.8 Å². The van der Waals surface area contributed by atoms with E-state index in [2.05, 4.69) is 21.2 Å². The Bertz CT molecular complexity index is 349. The molecule has 0 aliphatic rings. The van der Waals surface area contributed by atoms with Crippen LogP contribution in [0.3, 0.4) is 0 Å². The fourth-order valence-electron chi connectivity index (χ4n) is 1.39. The summed E-state index contributed by atoms with van der Waals surface area (Å²) in [7, 11) is 0. The molecule has 90 valence electrons. The standard InChI is InChI=1S/C11H16BrNO3/c1-7(2)8(5-6-14)13-11(15)9-3-4-10(12)16-9/h3-4,7-8,14H,5-6H2,1-2H3,(H,13,15). The number of hydrogen-bond acceptors (Lipinski definition) is 3. The van der Waals surface area contributed by atoms with Crippen molar-refractivity contribution in [3.05, 3.63) is 22.6 Å². The summed E-state index contributed by atoms with van der Waals surface area (Å²) < 4.78 is 5.67. The van der Waals surface area contributed by atoms with Gasteiger partial charge in [0.25, 0.3) is 5.91 Å². The highest BCUT2D eigenvalue weighted by Crippen LogP contribution is 2.15. The van der Waals surface area contributed by atoms with Gasteiger partial charge in [-0.1, -0.05) is 13.8 Å². The van der Waals surface area contributed by atoms with Crippen LogP contribution >= 0.6 is 15.9 Å². The van der Waals surface area contributed by atoms with E-state index in [1.807, 2.05) is 13.8 Å². The Balaban J connectivity index is 2.61. The first kappa shape index (κ1) is 13.3. The zero-order chi connectivity index (χ0) is 12.1. The van der Waals surface area contributed by atoms with Crippen molar-refractivity contribution < 1.29 is 14.3 Å². The topological polar surface area (TPSA) is 62.5 Å². The molecule has 1 aromatic heterocycles. The smallest absolute Gasteiger partial charge is 0.287 e. The molecule has 0 saturated carbocycles. The largest absolute Gasteiger partial charge is 0.444 e. The van der Waals surface area contributed by atoms with Crippen LogP contribution in [0.4, 0.5) is 0 Å². The molecule has 0 bridgehead atoms. The molecule has 1 aromatic rings. The quantitative estimate of drug-likeness (QED) is 0.873. The SMILES string of the molecule is CC(C)C(CCO)NC(=O)c1ccc(Br)o1. The normalized spacial score (nSPS) is 12.8. The summed E-state index contributed by atoms with van der Waals surface area (Å²) in [6, 6.07) is 3.24. The fraction of sp³-hybridized carbons (Fsp3) is 0.545. The van der Waals surface area contributed by atoms with Crippen molar-refractivity contribution in [3.8, 4) is 0 Å². The molecular weight excluding hydrogens is 274 g/mol. The maximum atomic E-state index is 11.7. The van der Waals surface area contributed by atoms with Gasteiger partial charge in [-0.3, -0.25) is 4.79 Å². The molecule has 16 heavy (non-hydrogen) atoms. The molecule has 0 aliphatic carbocycles. The van der Waals surface area contributed by atoms with Crippen LogP contribution in [0.15, 0.2) is 21.2 Å². The number of amides is 1. The number of carbonyl (C=O) groups excluding carboxylic acids is 1. The molecule has 0 saturated heterocycles. The van der Waals surface area contributed by atoms with E-state index in [0.717, 1.165) is 0 Å². The van der Waals surface area contributed by atoms with E-state index in [1.165, 1.54) is 0 Å². The third-order valence-electron chi connectivity index (χ3n) is 2.36. The Morgan fingerprint density at radius 3 is 2.69 bits per heavy atom. The van der Waals surface area contributed by atoms with E-state index < -0.39 is 0 Å². The van der Waals surface area contributed by atoms with Crippen molar-refractivity contribution in [1.29, 1.82) is 0 Å². The monoisotopic (exact) mass is 289 g/mol. The van der Waals surface area contributed by atoms with Crippen LogP contribution in [0.5, 0.6) is 0 Å². The lowest BCUT2D eigenvalue weighted by Crippen LogP contribution is -2.39. The molecule has 0 aromatic carbocycles. The van der Waals surface area contributed by atoms with Gasteiger partial charge in [0.15, 0.2) is 10.4 Å². The van der Waals surface area contributed by atoms with Crippen molar-refractivity contribution in [1.82, 2.24) is 5.32 Å². The van der Waals surface area contributed by atoms with E-state index in [-0.39, 0.29) is 30.2 Å². The Kier molecular flexibility index (Phi) is 5.02. The van der Waals surface area contributed by atoms with E-state index >= 15 is 0 Å². The summed E-state index contributed by atoms with van der Waals surface area (Å²) in [5, 5.41) is 11.7. The van der Waals surface area contributed by atoms with Crippen LogP contribution in [0.2, 0.25) is 0 Å². The van der Waals surface area contributed by atoms with Gasteiger partial charge in [0.1, 0.15) is 0 Å². The molecule has 0 aliphatic heterocycles. The summed E-state index contributed by atoms with van der Waals surface area (Å²) >= 11 is 3.14. The number of carbonyl (C=O) groups is 1. The second-order valence-electron chi connectivity index (χ2n) is 3.94. The summed E-state index contributed by atoms with van der Waals surface area (Å²) in [6.07, 6.45) is 0.547. The van der Waals surface area contributed by atoms with E-state index in [0.29, 0.717) is 11.1 Å². The van der Waals surface area contributed by atoms with Gasteiger partial charge in [-0.25, -0.2) is 0 Å². The van der Waals surface area contributed by atoms with E-state index in [4.69, 9.17) is 9.52 Å². The van der Waals surface area contributed by atoms with Crippen LogP contribution in [-0.2, 0) is 0 Å². The van der Waals surface area contributed by atoms with E-state index in [1.54, 1.807) is 12.1 Å². The first-order valence-corrected chi connectivity index (χ1v) is 6.01. The molecule has 1 atom stereocenters. The predicted octanol–water partition coefficient (Wildman–Crippen LogP) is 2.18. The maximum Gasteiger partial charge on any atom is 0.287 e. The fourth-order valence-corrected chi connectivity index (χ4v) is 1.69. The molecule has 1 unspecified atom stereocenters. The summed E-state index contributed by atoms with van der Waals surface area (Å²) in [5.74, 6) is 0.294. The molecule has 0 radical (unpaired) electrons. The molecule has 0 spiro atoms. The average molecular weight is 290 g/mol. The van der Waals surface area contributed by atoms with Crippen molar-refractivity contribution in [2.24, 2.45) is 5.92 Å². The number of aliphatic hydroxyl groups excluding tert-OH is 1. The van der Waals surface area contributed by atoms with Gasteiger partial charge in [0, 0.05) is 12.6 Å². The van der Waals surface area contributed by atoms with Gasteiger partial charge in [-0.15, -0.1) is 0 Å². The lowest BCUT2D eigenvalue weighted by Gasteiger charge is -2.20. The average Bonchev–Trinajstić information content (AvgIpc) is 2.64. The lowest BCUT2D eigenvalue weighted by atomic mass is 10.0. The van der Waals surface area contributed by atoms with Crippen LogP contribution < -0.4 is 5.32 Å². The second kappa shape index (κ2) is 6.06. The van der Waals surface area contributed by atoms with Gasteiger partial charge in [0.05, 0.1) is 0 Å². The zero-order valence-electron chi connectivity index (χ0n) is 9.37. The number of nitrogens with one attached hydrogen (secondary N) is 1. The molecule has 2 N–H and O–H groups in total. The molecule has 4 nitrogen and oxygen atoms in total. The number of furan rings is 1. The molecule has 1 heterocycles. The molecule has 0 fully saturated rings. The number of aliphatic hydroxyl groups is 1. The van der Waals surface area contributed by atoms with Crippen LogP contribution in [-0.4, -0.2) is 23.7 Å². The van der Waals surface area contributed by atoms with Crippen molar-refractivity contribution in [2.45, 2.75) is 26.3 Å². The third kappa shape index (κ3) is 3.64. The number of hydrogen-bond donors (Lipinski definition) is 2. The first-order valence-electron chi connectivity index (χ1n) is 5.21. The molecule has 5 heteroatoms. The minimum absolute atomic E-state index is 0.0404.